The largest absolute Gasteiger partial charge is 0.386 e. The van der Waals surface area contributed by atoms with E-state index in [0.717, 1.165) is 18.7 Å². The maximum atomic E-state index is 10.1. The van der Waals surface area contributed by atoms with Gasteiger partial charge in [0.05, 0.1) is 6.61 Å². The van der Waals surface area contributed by atoms with Crippen molar-refractivity contribution >= 4 is 5.82 Å². The molecule has 2 heterocycles. The van der Waals surface area contributed by atoms with Crippen LogP contribution in [0.2, 0.25) is 0 Å². The van der Waals surface area contributed by atoms with Gasteiger partial charge in [0, 0.05) is 25.3 Å². The van der Waals surface area contributed by atoms with Crippen LogP contribution < -0.4 is 5.32 Å². The van der Waals surface area contributed by atoms with Gasteiger partial charge in [-0.15, -0.1) is 0 Å². The van der Waals surface area contributed by atoms with Crippen LogP contribution in [0.4, 0.5) is 5.82 Å². The van der Waals surface area contributed by atoms with Gasteiger partial charge < -0.3 is 15.2 Å². The van der Waals surface area contributed by atoms with Crippen LogP contribution in [0, 0.1) is 0 Å². The fraction of sp³-hybridized carbons (Fsp3) is 0.615. The van der Waals surface area contributed by atoms with E-state index in [0.29, 0.717) is 26.2 Å². The molecule has 4 heteroatoms. The third-order valence-corrected chi connectivity index (χ3v) is 3.61. The van der Waals surface area contributed by atoms with Gasteiger partial charge in [-0.3, -0.25) is 0 Å². The monoisotopic (exact) mass is 234 g/mol. The number of hydrogen-bond acceptors (Lipinski definition) is 4. The van der Waals surface area contributed by atoms with E-state index in [1.165, 1.54) is 17.7 Å². The van der Waals surface area contributed by atoms with E-state index in [1.54, 1.807) is 0 Å². The highest BCUT2D eigenvalue weighted by molar-refractivity contribution is 5.40. The van der Waals surface area contributed by atoms with Crippen LogP contribution in [0.1, 0.15) is 24.1 Å². The molecule has 1 unspecified atom stereocenters. The van der Waals surface area contributed by atoms with E-state index in [4.69, 9.17) is 4.74 Å². The fourth-order valence-corrected chi connectivity index (χ4v) is 2.51. The molecule has 92 valence electrons. The Morgan fingerprint density at radius 1 is 1.41 bits per heavy atom. The number of hydrogen-bond donors (Lipinski definition) is 2. The van der Waals surface area contributed by atoms with E-state index in [9.17, 15) is 5.11 Å². The summed E-state index contributed by atoms with van der Waals surface area (Å²) in [5.41, 5.74) is 1.86. The summed E-state index contributed by atoms with van der Waals surface area (Å²) >= 11 is 0. The minimum Gasteiger partial charge on any atom is -0.386 e. The summed E-state index contributed by atoms with van der Waals surface area (Å²) in [7, 11) is 0. The van der Waals surface area contributed by atoms with Crippen molar-refractivity contribution in [2.45, 2.75) is 31.3 Å². The van der Waals surface area contributed by atoms with Crippen LogP contribution in [-0.2, 0) is 17.6 Å². The van der Waals surface area contributed by atoms with Gasteiger partial charge in [0.2, 0.25) is 0 Å². The van der Waals surface area contributed by atoms with Gasteiger partial charge in [-0.1, -0.05) is 6.07 Å². The van der Waals surface area contributed by atoms with Crippen molar-refractivity contribution < 1.29 is 9.84 Å². The Kier molecular flexibility index (Phi) is 2.76. The molecule has 0 spiro atoms. The normalized spacial score (nSPS) is 27.1. The zero-order valence-corrected chi connectivity index (χ0v) is 9.91. The van der Waals surface area contributed by atoms with E-state index in [2.05, 4.69) is 16.4 Å². The number of nitrogens with zero attached hydrogens (tertiary/aromatic N) is 1. The smallest absolute Gasteiger partial charge is 0.126 e. The molecular weight excluding hydrogens is 216 g/mol. The molecule has 0 amide bonds. The SMILES string of the molecule is OC1(CNc2ccc3c(n2)CCC3)CCOC1. The number of ether oxygens (including phenoxy) is 1. The summed E-state index contributed by atoms with van der Waals surface area (Å²) in [4.78, 5) is 4.58. The number of aromatic nitrogens is 1. The van der Waals surface area contributed by atoms with Crippen molar-refractivity contribution in [1.29, 1.82) is 0 Å². The Morgan fingerprint density at radius 2 is 2.35 bits per heavy atom. The zero-order valence-electron chi connectivity index (χ0n) is 9.91. The standard InChI is InChI=1S/C13H18N2O2/c16-13(6-7-17-9-13)8-14-12-5-4-10-2-1-3-11(10)15-12/h4-5,16H,1-3,6-9H2,(H,14,15). The van der Waals surface area contributed by atoms with Crippen LogP contribution in [0.25, 0.3) is 0 Å². The summed E-state index contributed by atoms with van der Waals surface area (Å²) in [6, 6.07) is 4.15. The molecule has 1 aliphatic carbocycles. The first-order valence-electron chi connectivity index (χ1n) is 6.28. The topological polar surface area (TPSA) is 54.4 Å². The minimum atomic E-state index is -0.722. The predicted octanol–water partition coefficient (Wildman–Crippen LogP) is 1.13. The highest BCUT2D eigenvalue weighted by Gasteiger charge is 2.32. The van der Waals surface area contributed by atoms with Crippen LogP contribution in [0.3, 0.4) is 0 Å². The van der Waals surface area contributed by atoms with Crippen molar-refractivity contribution in [3.63, 3.8) is 0 Å². The molecule has 1 atom stereocenters. The molecule has 3 rings (SSSR count). The van der Waals surface area contributed by atoms with Gasteiger partial charge >= 0.3 is 0 Å². The second kappa shape index (κ2) is 4.27. The third-order valence-electron chi connectivity index (χ3n) is 3.61. The lowest BCUT2D eigenvalue weighted by molar-refractivity contribution is 0.0381. The van der Waals surface area contributed by atoms with Crippen LogP contribution in [0.5, 0.6) is 0 Å². The number of aryl methyl sites for hydroxylation is 2. The van der Waals surface area contributed by atoms with E-state index < -0.39 is 5.60 Å². The lowest BCUT2D eigenvalue weighted by Gasteiger charge is -2.21. The van der Waals surface area contributed by atoms with Crippen LogP contribution in [-0.4, -0.2) is 35.5 Å². The van der Waals surface area contributed by atoms with Gasteiger partial charge in [-0.05, 0) is 30.9 Å². The first kappa shape index (κ1) is 11.0. The quantitative estimate of drug-likeness (QED) is 0.823. The molecule has 2 N–H and O–H groups in total. The summed E-state index contributed by atoms with van der Waals surface area (Å²) < 4.78 is 5.21. The van der Waals surface area contributed by atoms with Crippen molar-refractivity contribution in [3.05, 3.63) is 23.4 Å². The maximum Gasteiger partial charge on any atom is 0.126 e. The Bertz CT molecular complexity index is 414. The highest BCUT2D eigenvalue weighted by Crippen LogP contribution is 2.23. The van der Waals surface area contributed by atoms with Gasteiger partial charge in [0.25, 0.3) is 0 Å². The number of aliphatic hydroxyl groups is 1. The molecule has 1 fully saturated rings. The first-order chi connectivity index (χ1) is 8.25. The van der Waals surface area contributed by atoms with Crippen molar-refractivity contribution in [2.75, 3.05) is 25.1 Å². The van der Waals surface area contributed by atoms with E-state index in [1.807, 2.05) is 6.07 Å². The summed E-state index contributed by atoms with van der Waals surface area (Å²) in [5, 5.41) is 13.3. The molecule has 1 saturated heterocycles. The second-order valence-electron chi connectivity index (χ2n) is 5.04. The number of anilines is 1. The lowest BCUT2D eigenvalue weighted by atomic mass is 10.0. The molecule has 17 heavy (non-hydrogen) atoms. The van der Waals surface area contributed by atoms with Crippen LogP contribution >= 0.6 is 0 Å². The van der Waals surface area contributed by atoms with Crippen LogP contribution in [0.15, 0.2) is 12.1 Å². The van der Waals surface area contributed by atoms with E-state index >= 15 is 0 Å². The number of nitrogens with one attached hydrogen (secondary N) is 1. The molecule has 4 nitrogen and oxygen atoms in total. The molecular formula is C13H18N2O2. The Morgan fingerprint density at radius 3 is 3.18 bits per heavy atom. The number of rotatable bonds is 3. The number of fused-ring (bicyclic) bond motifs is 1. The fourth-order valence-electron chi connectivity index (χ4n) is 2.51. The maximum absolute atomic E-state index is 10.1. The summed E-state index contributed by atoms with van der Waals surface area (Å²) in [6.45, 7) is 1.58. The third kappa shape index (κ3) is 2.28. The van der Waals surface area contributed by atoms with Crippen molar-refractivity contribution in [1.82, 2.24) is 4.98 Å². The molecule has 0 radical (unpaired) electrons. The summed E-state index contributed by atoms with van der Waals surface area (Å²) in [5.74, 6) is 0.867. The Hall–Kier alpha value is -1.13. The molecule has 1 aliphatic heterocycles. The average molecular weight is 234 g/mol. The van der Waals surface area contributed by atoms with Gasteiger partial charge in [0.15, 0.2) is 0 Å². The molecule has 1 aromatic rings. The Labute approximate surface area is 101 Å². The Balaban J connectivity index is 1.65. The van der Waals surface area contributed by atoms with Gasteiger partial charge in [-0.2, -0.15) is 0 Å². The number of pyridine rings is 1. The lowest BCUT2D eigenvalue weighted by Crippen LogP contribution is -2.37. The molecule has 1 aromatic heterocycles. The highest BCUT2D eigenvalue weighted by atomic mass is 16.5. The summed E-state index contributed by atoms with van der Waals surface area (Å²) in [6.07, 6.45) is 4.15. The molecule has 0 aromatic carbocycles. The average Bonchev–Trinajstić information content (AvgIpc) is 2.95. The predicted molar refractivity (Wildman–Crippen MR) is 65.1 cm³/mol. The first-order valence-corrected chi connectivity index (χ1v) is 6.28. The molecule has 0 bridgehead atoms. The van der Waals surface area contributed by atoms with Crippen molar-refractivity contribution in [2.24, 2.45) is 0 Å². The van der Waals surface area contributed by atoms with Crippen molar-refractivity contribution in [3.8, 4) is 0 Å². The minimum absolute atomic E-state index is 0.422. The van der Waals surface area contributed by atoms with Gasteiger partial charge in [0.1, 0.15) is 11.4 Å². The zero-order chi connectivity index (χ0) is 11.7. The van der Waals surface area contributed by atoms with Gasteiger partial charge in [-0.25, -0.2) is 4.98 Å². The second-order valence-corrected chi connectivity index (χ2v) is 5.04. The molecule has 0 saturated carbocycles. The molecule has 2 aliphatic rings. The van der Waals surface area contributed by atoms with E-state index in [-0.39, 0.29) is 0 Å².